The van der Waals surface area contributed by atoms with Crippen LogP contribution < -0.4 is 5.73 Å². The molecule has 1 rings (SSSR count). The van der Waals surface area contributed by atoms with Gasteiger partial charge in [0.2, 0.25) is 0 Å². The minimum absolute atomic E-state index is 0.281. The van der Waals surface area contributed by atoms with E-state index in [0.717, 1.165) is 6.07 Å². The van der Waals surface area contributed by atoms with Crippen LogP contribution in [0, 0.1) is 10.1 Å². The Morgan fingerprint density at radius 2 is 2.21 bits per heavy atom. The SMILES string of the molecule is NC(CO)c1ccc([N+](=O)[O-])c(O)c1. The molecule has 14 heavy (non-hydrogen) atoms. The zero-order valence-electron chi connectivity index (χ0n) is 7.25. The average Bonchev–Trinajstić information content (AvgIpc) is 2.15. The van der Waals surface area contributed by atoms with Gasteiger partial charge in [-0.05, 0) is 11.6 Å². The minimum Gasteiger partial charge on any atom is -0.502 e. The number of rotatable bonds is 3. The van der Waals surface area contributed by atoms with E-state index >= 15 is 0 Å². The first-order valence-corrected chi connectivity index (χ1v) is 3.90. The summed E-state index contributed by atoms with van der Waals surface area (Å²) in [6.45, 7) is -0.281. The average molecular weight is 198 g/mol. The summed E-state index contributed by atoms with van der Waals surface area (Å²) in [5.74, 6) is -0.448. The molecule has 0 amide bonds. The molecule has 0 spiro atoms. The van der Waals surface area contributed by atoms with Gasteiger partial charge < -0.3 is 15.9 Å². The van der Waals surface area contributed by atoms with Crippen LogP contribution in [0.1, 0.15) is 11.6 Å². The lowest BCUT2D eigenvalue weighted by molar-refractivity contribution is -0.385. The van der Waals surface area contributed by atoms with E-state index in [-0.39, 0.29) is 12.3 Å². The van der Waals surface area contributed by atoms with Crippen molar-refractivity contribution in [3.05, 3.63) is 33.9 Å². The number of nitrogens with two attached hydrogens (primary N) is 1. The Morgan fingerprint density at radius 1 is 1.57 bits per heavy atom. The highest BCUT2D eigenvalue weighted by Crippen LogP contribution is 2.27. The molecule has 0 heterocycles. The Balaban J connectivity index is 3.06. The van der Waals surface area contributed by atoms with Gasteiger partial charge in [-0.2, -0.15) is 0 Å². The normalized spacial score (nSPS) is 12.4. The molecule has 4 N–H and O–H groups in total. The lowest BCUT2D eigenvalue weighted by Crippen LogP contribution is -2.14. The van der Waals surface area contributed by atoms with Crippen molar-refractivity contribution in [2.45, 2.75) is 6.04 Å². The molecule has 76 valence electrons. The number of hydrogen-bond acceptors (Lipinski definition) is 5. The van der Waals surface area contributed by atoms with E-state index in [9.17, 15) is 15.2 Å². The number of nitro groups is 1. The number of phenols is 1. The standard InChI is InChI=1S/C8H10N2O4/c9-6(4-11)5-1-2-7(10(13)14)8(12)3-5/h1-3,6,11-12H,4,9H2. The van der Waals surface area contributed by atoms with Crippen LogP contribution in [-0.4, -0.2) is 21.7 Å². The van der Waals surface area contributed by atoms with Crippen molar-refractivity contribution >= 4 is 5.69 Å². The summed E-state index contributed by atoms with van der Waals surface area (Å²) in [6.07, 6.45) is 0. The van der Waals surface area contributed by atoms with E-state index in [1.807, 2.05) is 0 Å². The molecule has 1 aromatic carbocycles. The van der Waals surface area contributed by atoms with Crippen LogP contribution in [0.15, 0.2) is 18.2 Å². The first-order chi connectivity index (χ1) is 6.56. The van der Waals surface area contributed by atoms with Crippen molar-refractivity contribution in [3.63, 3.8) is 0 Å². The largest absolute Gasteiger partial charge is 0.502 e. The van der Waals surface area contributed by atoms with Gasteiger partial charge in [0.1, 0.15) is 0 Å². The second-order valence-electron chi connectivity index (χ2n) is 2.79. The number of aliphatic hydroxyl groups excluding tert-OH is 1. The van der Waals surface area contributed by atoms with Gasteiger partial charge in [0.05, 0.1) is 17.6 Å². The van der Waals surface area contributed by atoms with Crippen LogP contribution in [0.2, 0.25) is 0 Å². The van der Waals surface area contributed by atoms with Gasteiger partial charge in [-0.25, -0.2) is 0 Å². The number of nitro benzene ring substituents is 1. The molecule has 0 bridgehead atoms. The number of phenolic OH excluding ortho intramolecular Hbond substituents is 1. The molecule has 0 aliphatic rings. The second-order valence-corrected chi connectivity index (χ2v) is 2.79. The molecule has 1 unspecified atom stereocenters. The Morgan fingerprint density at radius 3 is 2.64 bits per heavy atom. The number of benzene rings is 1. The van der Waals surface area contributed by atoms with Crippen LogP contribution in [-0.2, 0) is 0 Å². The summed E-state index contributed by atoms with van der Waals surface area (Å²) in [4.78, 5) is 9.65. The van der Waals surface area contributed by atoms with Crippen molar-refractivity contribution in [3.8, 4) is 5.75 Å². The zero-order chi connectivity index (χ0) is 10.7. The Hall–Kier alpha value is -1.66. The second kappa shape index (κ2) is 4.03. The molecule has 0 saturated heterocycles. The topological polar surface area (TPSA) is 110 Å². The Bertz CT molecular complexity index is 353. The lowest BCUT2D eigenvalue weighted by Gasteiger charge is -2.08. The van der Waals surface area contributed by atoms with Gasteiger partial charge in [0, 0.05) is 6.07 Å². The van der Waals surface area contributed by atoms with Crippen LogP contribution in [0.4, 0.5) is 5.69 Å². The van der Waals surface area contributed by atoms with Crippen LogP contribution >= 0.6 is 0 Å². The third kappa shape index (κ3) is 1.98. The van der Waals surface area contributed by atoms with E-state index < -0.39 is 16.7 Å². The van der Waals surface area contributed by atoms with Crippen molar-refractivity contribution < 1.29 is 15.1 Å². The molecule has 0 radical (unpaired) electrons. The molecule has 1 aromatic rings. The maximum absolute atomic E-state index is 10.3. The van der Waals surface area contributed by atoms with E-state index in [0.29, 0.717) is 5.56 Å². The van der Waals surface area contributed by atoms with E-state index in [4.69, 9.17) is 10.8 Å². The maximum Gasteiger partial charge on any atom is 0.310 e. The van der Waals surface area contributed by atoms with Crippen LogP contribution in [0.3, 0.4) is 0 Å². The van der Waals surface area contributed by atoms with Gasteiger partial charge in [0.25, 0.3) is 0 Å². The first kappa shape index (κ1) is 10.4. The predicted octanol–water partition coefficient (Wildman–Crippen LogP) is 0.292. The van der Waals surface area contributed by atoms with Gasteiger partial charge in [-0.15, -0.1) is 0 Å². The molecule has 0 aliphatic heterocycles. The van der Waals surface area contributed by atoms with Crippen molar-refractivity contribution in [1.82, 2.24) is 0 Å². The Kier molecular flexibility index (Phi) is 3.00. The molecule has 0 fully saturated rings. The smallest absolute Gasteiger partial charge is 0.310 e. The number of aromatic hydroxyl groups is 1. The molecule has 0 aliphatic carbocycles. The molecule has 0 saturated carbocycles. The predicted molar refractivity (Wildman–Crippen MR) is 48.8 cm³/mol. The summed E-state index contributed by atoms with van der Waals surface area (Å²) in [5.41, 5.74) is 5.54. The van der Waals surface area contributed by atoms with E-state index in [2.05, 4.69) is 0 Å². The van der Waals surface area contributed by atoms with Crippen LogP contribution in [0.25, 0.3) is 0 Å². The van der Waals surface area contributed by atoms with E-state index in [1.165, 1.54) is 12.1 Å². The van der Waals surface area contributed by atoms with Crippen LogP contribution in [0.5, 0.6) is 5.75 Å². The number of nitrogens with zero attached hydrogens (tertiary/aromatic N) is 1. The highest BCUT2D eigenvalue weighted by Gasteiger charge is 2.14. The quantitative estimate of drug-likeness (QED) is 0.477. The molecule has 0 aromatic heterocycles. The summed E-state index contributed by atoms with van der Waals surface area (Å²) in [6, 6.07) is 3.10. The molecular formula is C8H10N2O4. The van der Waals surface area contributed by atoms with Gasteiger partial charge in [0.15, 0.2) is 5.75 Å². The third-order valence-electron chi connectivity index (χ3n) is 1.82. The van der Waals surface area contributed by atoms with Crippen molar-refractivity contribution in [2.24, 2.45) is 5.73 Å². The number of hydrogen-bond donors (Lipinski definition) is 3. The van der Waals surface area contributed by atoms with E-state index in [1.54, 1.807) is 0 Å². The maximum atomic E-state index is 10.3. The molecule has 1 atom stereocenters. The summed E-state index contributed by atoms with van der Waals surface area (Å²) < 4.78 is 0. The van der Waals surface area contributed by atoms with Crippen molar-refractivity contribution in [1.29, 1.82) is 0 Å². The van der Waals surface area contributed by atoms with Gasteiger partial charge in [-0.3, -0.25) is 10.1 Å². The minimum atomic E-state index is -0.691. The number of aliphatic hydroxyl groups is 1. The highest BCUT2D eigenvalue weighted by atomic mass is 16.6. The summed E-state index contributed by atoms with van der Waals surface area (Å²) >= 11 is 0. The third-order valence-corrected chi connectivity index (χ3v) is 1.82. The van der Waals surface area contributed by atoms with Gasteiger partial charge in [-0.1, -0.05) is 6.07 Å². The van der Waals surface area contributed by atoms with Gasteiger partial charge >= 0.3 is 5.69 Å². The lowest BCUT2D eigenvalue weighted by atomic mass is 10.1. The first-order valence-electron chi connectivity index (χ1n) is 3.90. The zero-order valence-corrected chi connectivity index (χ0v) is 7.25. The monoisotopic (exact) mass is 198 g/mol. The fourth-order valence-electron chi connectivity index (χ4n) is 1.03. The fraction of sp³-hybridized carbons (Fsp3) is 0.250. The summed E-state index contributed by atoms with van der Waals surface area (Å²) in [5, 5.41) is 28.3. The molecule has 6 heteroatoms. The van der Waals surface area contributed by atoms with Crippen molar-refractivity contribution in [2.75, 3.05) is 6.61 Å². The molecular weight excluding hydrogens is 188 g/mol. The molecule has 6 nitrogen and oxygen atoms in total. The highest BCUT2D eigenvalue weighted by molar-refractivity contribution is 5.47. The summed E-state index contributed by atoms with van der Waals surface area (Å²) in [7, 11) is 0. The Labute approximate surface area is 79.7 Å². The fourth-order valence-corrected chi connectivity index (χ4v) is 1.03.